The van der Waals surface area contributed by atoms with Gasteiger partial charge in [-0.3, -0.25) is 9.79 Å². The van der Waals surface area contributed by atoms with Crippen LogP contribution in [0.4, 0.5) is 0 Å². The molecule has 6 heteroatoms. The second-order valence-electron chi connectivity index (χ2n) is 6.71. The second kappa shape index (κ2) is 7.81. The number of hydrogen-bond acceptors (Lipinski definition) is 4. The van der Waals surface area contributed by atoms with Gasteiger partial charge < -0.3 is 19.9 Å². The molecule has 2 aliphatic heterocycles. The molecule has 22 heavy (non-hydrogen) atoms. The summed E-state index contributed by atoms with van der Waals surface area (Å²) in [6.07, 6.45) is 2.54. The highest BCUT2D eigenvalue weighted by molar-refractivity contribution is 5.82. The fourth-order valence-corrected chi connectivity index (χ4v) is 3.61. The first-order valence-electron chi connectivity index (χ1n) is 8.27. The van der Waals surface area contributed by atoms with Crippen LogP contribution in [0.1, 0.15) is 19.8 Å². The number of guanidine groups is 1. The van der Waals surface area contributed by atoms with E-state index in [0.29, 0.717) is 18.4 Å². The molecule has 1 N–H and O–H groups in total. The summed E-state index contributed by atoms with van der Waals surface area (Å²) in [6, 6.07) is 0. The molecular formula is C16H30N4O2. The van der Waals surface area contributed by atoms with Gasteiger partial charge in [0.2, 0.25) is 0 Å². The van der Waals surface area contributed by atoms with Crippen LogP contribution in [-0.4, -0.2) is 75.7 Å². The van der Waals surface area contributed by atoms with Crippen LogP contribution >= 0.6 is 0 Å². The van der Waals surface area contributed by atoms with E-state index in [-0.39, 0.29) is 11.9 Å². The van der Waals surface area contributed by atoms with Crippen molar-refractivity contribution in [1.29, 1.82) is 0 Å². The summed E-state index contributed by atoms with van der Waals surface area (Å²) in [5.74, 6) is 1.72. The van der Waals surface area contributed by atoms with Crippen molar-refractivity contribution >= 4 is 11.9 Å². The number of piperidine rings is 1. The van der Waals surface area contributed by atoms with E-state index in [4.69, 9.17) is 4.74 Å². The molecule has 0 spiro atoms. The van der Waals surface area contributed by atoms with Crippen LogP contribution in [-0.2, 0) is 9.53 Å². The third-order valence-electron chi connectivity index (χ3n) is 4.90. The molecule has 0 saturated carbocycles. The lowest BCUT2D eigenvalue weighted by Crippen LogP contribution is -2.45. The number of nitrogens with one attached hydrogen (secondary N) is 1. The number of esters is 1. The lowest BCUT2D eigenvalue weighted by Gasteiger charge is -2.31. The van der Waals surface area contributed by atoms with Gasteiger partial charge in [0.05, 0.1) is 13.0 Å². The van der Waals surface area contributed by atoms with Gasteiger partial charge in [0.15, 0.2) is 5.96 Å². The summed E-state index contributed by atoms with van der Waals surface area (Å²) in [7, 11) is 5.46. The highest BCUT2D eigenvalue weighted by Crippen LogP contribution is 2.24. The van der Waals surface area contributed by atoms with Gasteiger partial charge in [-0.25, -0.2) is 0 Å². The molecule has 0 aromatic rings. The molecule has 3 unspecified atom stereocenters. The monoisotopic (exact) mass is 310 g/mol. The minimum Gasteiger partial charge on any atom is -0.469 e. The van der Waals surface area contributed by atoms with E-state index >= 15 is 0 Å². The van der Waals surface area contributed by atoms with Gasteiger partial charge in [-0.1, -0.05) is 6.92 Å². The van der Waals surface area contributed by atoms with Crippen molar-refractivity contribution in [2.75, 3.05) is 53.9 Å². The Kier molecular flexibility index (Phi) is 6.06. The number of likely N-dealkylation sites (tertiary alicyclic amines) is 2. The second-order valence-corrected chi connectivity index (χ2v) is 6.71. The van der Waals surface area contributed by atoms with Crippen LogP contribution in [0.3, 0.4) is 0 Å². The van der Waals surface area contributed by atoms with Gasteiger partial charge in [-0.2, -0.15) is 0 Å². The number of nitrogens with zero attached hydrogens (tertiary/aromatic N) is 3. The van der Waals surface area contributed by atoms with E-state index in [1.54, 1.807) is 0 Å². The van der Waals surface area contributed by atoms with Gasteiger partial charge in [0, 0.05) is 33.2 Å². The number of carbonyl (C=O) groups is 1. The van der Waals surface area contributed by atoms with Crippen LogP contribution in [0.15, 0.2) is 4.99 Å². The molecule has 2 saturated heterocycles. The number of carbonyl (C=O) groups excluding carboxylic acids is 1. The van der Waals surface area contributed by atoms with Crippen molar-refractivity contribution in [2.24, 2.45) is 22.7 Å². The molecule has 6 nitrogen and oxygen atoms in total. The van der Waals surface area contributed by atoms with Gasteiger partial charge >= 0.3 is 5.97 Å². The first kappa shape index (κ1) is 17.1. The van der Waals surface area contributed by atoms with E-state index in [0.717, 1.165) is 25.6 Å². The van der Waals surface area contributed by atoms with Crippen LogP contribution in [0.5, 0.6) is 0 Å². The molecule has 3 atom stereocenters. The predicted molar refractivity (Wildman–Crippen MR) is 87.8 cm³/mol. The summed E-state index contributed by atoms with van der Waals surface area (Å²) in [4.78, 5) is 20.8. The number of aliphatic imine (C=N–C) groups is 1. The van der Waals surface area contributed by atoms with E-state index in [1.807, 2.05) is 7.05 Å². The van der Waals surface area contributed by atoms with Crippen molar-refractivity contribution in [3.63, 3.8) is 0 Å². The van der Waals surface area contributed by atoms with Crippen molar-refractivity contribution in [3.05, 3.63) is 0 Å². The largest absolute Gasteiger partial charge is 0.469 e. The summed E-state index contributed by atoms with van der Waals surface area (Å²) in [5.41, 5.74) is 0. The zero-order valence-electron chi connectivity index (χ0n) is 14.3. The highest BCUT2D eigenvalue weighted by atomic mass is 16.5. The zero-order valence-corrected chi connectivity index (χ0v) is 14.3. The van der Waals surface area contributed by atoms with Crippen LogP contribution in [0.25, 0.3) is 0 Å². The Morgan fingerprint density at radius 1 is 1.36 bits per heavy atom. The Balaban J connectivity index is 1.86. The Bertz CT molecular complexity index is 413. The SMILES string of the molecule is CN=C(NCC1CCCN(C)C1)N1CC(C)C(C(=O)OC)C1. The zero-order chi connectivity index (χ0) is 16.1. The molecular weight excluding hydrogens is 280 g/mol. The minimum absolute atomic E-state index is 0.0515. The average molecular weight is 310 g/mol. The van der Waals surface area contributed by atoms with Gasteiger partial charge in [0.1, 0.15) is 0 Å². The smallest absolute Gasteiger partial charge is 0.310 e. The number of methoxy groups -OCH3 is 1. The van der Waals surface area contributed by atoms with Gasteiger partial charge in [-0.05, 0) is 38.3 Å². The normalized spacial score (nSPS) is 30.5. The molecule has 0 amide bonds. The molecule has 0 bridgehead atoms. The molecule has 2 rings (SSSR count). The standard InChI is InChI=1S/C16H30N4O2/c1-12-9-20(11-14(12)15(21)22-4)16(17-2)18-8-13-6-5-7-19(3)10-13/h12-14H,5-11H2,1-4H3,(H,17,18). The lowest BCUT2D eigenvalue weighted by atomic mass is 9.98. The predicted octanol–water partition coefficient (Wildman–Crippen LogP) is 0.645. The lowest BCUT2D eigenvalue weighted by molar-refractivity contribution is -0.145. The topological polar surface area (TPSA) is 57.2 Å². The first-order chi connectivity index (χ1) is 10.5. The fourth-order valence-electron chi connectivity index (χ4n) is 3.61. The molecule has 0 aliphatic carbocycles. The molecule has 2 aliphatic rings. The summed E-state index contributed by atoms with van der Waals surface area (Å²) >= 11 is 0. The third-order valence-corrected chi connectivity index (χ3v) is 4.90. The molecule has 0 aromatic carbocycles. The summed E-state index contributed by atoms with van der Waals surface area (Å²) in [5, 5.41) is 3.50. The maximum atomic E-state index is 11.8. The molecule has 0 aromatic heterocycles. The molecule has 2 heterocycles. The quantitative estimate of drug-likeness (QED) is 0.471. The van der Waals surface area contributed by atoms with Crippen LogP contribution < -0.4 is 5.32 Å². The van der Waals surface area contributed by atoms with Crippen LogP contribution in [0.2, 0.25) is 0 Å². The number of hydrogen-bond donors (Lipinski definition) is 1. The van der Waals surface area contributed by atoms with Crippen molar-refractivity contribution < 1.29 is 9.53 Å². The van der Waals surface area contributed by atoms with Crippen LogP contribution in [0, 0.1) is 17.8 Å². The van der Waals surface area contributed by atoms with E-state index < -0.39 is 0 Å². The van der Waals surface area contributed by atoms with E-state index in [2.05, 4.69) is 34.1 Å². The summed E-state index contributed by atoms with van der Waals surface area (Å²) in [6.45, 7) is 6.94. The Hall–Kier alpha value is -1.30. The molecule has 2 fully saturated rings. The number of rotatable bonds is 3. The molecule has 0 radical (unpaired) electrons. The maximum Gasteiger partial charge on any atom is 0.310 e. The van der Waals surface area contributed by atoms with E-state index in [1.165, 1.54) is 26.5 Å². The Labute approximate surface area is 133 Å². The first-order valence-corrected chi connectivity index (χ1v) is 8.27. The molecule has 126 valence electrons. The third kappa shape index (κ3) is 4.12. The Morgan fingerprint density at radius 2 is 2.14 bits per heavy atom. The van der Waals surface area contributed by atoms with Gasteiger partial charge in [-0.15, -0.1) is 0 Å². The number of ether oxygens (including phenoxy) is 1. The van der Waals surface area contributed by atoms with Crippen molar-refractivity contribution in [3.8, 4) is 0 Å². The summed E-state index contributed by atoms with van der Waals surface area (Å²) < 4.78 is 4.90. The Morgan fingerprint density at radius 3 is 2.77 bits per heavy atom. The minimum atomic E-state index is -0.112. The highest BCUT2D eigenvalue weighted by Gasteiger charge is 2.37. The average Bonchev–Trinajstić information content (AvgIpc) is 2.89. The van der Waals surface area contributed by atoms with E-state index in [9.17, 15) is 4.79 Å². The van der Waals surface area contributed by atoms with Crippen molar-refractivity contribution in [2.45, 2.75) is 19.8 Å². The fraction of sp³-hybridized carbons (Fsp3) is 0.875. The van der Waals surface area contributed by atoms with Gasteiger partial charge in [0.25, 0.3) is 0 Å². The maximum absolute atomic E-state index is 11.8. The van der Waals surface area contributed by atoms with Crippen molar-refractivity contribution in [1.82, 2.24) is 15.1 Å².